The average molecular weight is 171 g/mol. The van der Waals surface area contributed by atoms with Crippen molar-refractivity contribution in [3.05, 3.63) is 0 Å². The smallest absolute Gasteiger partial charge is 0.0637 e. The summed E-state index contributed by atoms with van der Waals surface area (Å²) in [6, 6.07) is 0.505. The van der Waals surface area contributed by atoms with Gasteiger partial charge in [0.05, 0.1) is 5.60 Å². The van der Waals surface area contributed by atoms with Crippen LogP contribution in [0, 0.1) is 5.92 Å². The highest BCUT2D eigenvalue weighted by molar-refractivity contribution is 4.85. The third-order valence-electron chi connectivity index (χ3n) is 2.89. The SMILES string of the molecule is CNC1CCC(C)CC(C)(O)C1. The minimum Gasteiger partial charge on any atom is -0.390 e. The van der Waals surface area contributed by atoms with Gasteiger partial charge in [0.15, 0.2) is 0 Å². The van der Waals surface area contributed by atoms with E-state index < -0.39 is 5.60 Å². The van der Waals surface area contributed by atoms with E-state index in [1.807, 2.05) is 14.0 Å². The van der Waals surface area contributed by atoms with E-state index in [0.717, 1.165) is 12.8 Å². The highest BCUT2D eigenvalue weighted by Gasteiger charge is 2.30. The zero-order chi connectivity index (χ0) is 9.19. The van der Waals surface area contributed by atoms with E-state index in [4.69, 9.17) is 0 Å². The Morgan fingerprint density at radius 2 is 2.00 bits per heavy atom. The molecule has 2 nitrogen and oxygen atoms in total. The largest absolute Gasteiger partial charge is 0.390 e. The standard InChI is InChI=1S/C10H21NO/c1-8-4-5-9(11-3)7-10(2,12)6-8/h8-9,11-12H,4-7H2,1-3H3. The van der Waals surface area contributed by atoms with Crippen molar-refractivity contribution in [1.82, 2.24) is 5.32 Å². The third-order valence-corrected chi connectivity index (χ3v) is 2.89. The average Bonchev–Trinajstić information content (AvgIpc) is 2.07. The van der Waals surface area contributed by atoms with E-state index in [0.29, 0.717) is 12.0 Å². The van der Waals surface area contributed by atoms with E-state index >= 15 is 0 Å². The van der Waals surface area contributed by atoms with E-state index in [2.05, 4.69) is 12.2 Å². The third kappa shape index (κ3) is 2.76. The molecule has 0 aromatic rings. The lowest BCUT2D eigenvalue weighted by Gasteiger charge is -2.25. The fraction of sp³-hybridized carbons (Fsp3) is 1.00. The molecule has 1 aliphatic carbocycles. The van der Waals surface area contributed by atoms with Crippen LogP contribution in [0.4, 0.5) is 0 Å². The molecule has 0 saturated heterocycles. The second kappa shape index (κ2) is 3.75. The van der Waals surface area contributed by atoms with Crippen molar-refractivity contribution >= 4 is 0 Å². The minimum atomic E-state index is -0.455. The van der Waals surface area contributed by atoms with Crippen LogP contribution < -0.4 is 5.32 Å². The molecular formula is C10H21NO. The van der Waals surface area contributed by atoms with Crippen LogP contribution in [0.15, 0.2) is 0 Å². The molecule has 0 aromatic heterocycles. The summed E-state index contributed by atoms with van der Waals surface area (Å²) in [5.74, 6) is 0.665. The summed E-state index contributed by atoms with van der Waals surface area (Å²) < 4.78 is 0. The van der Waals surface area contributed by atoms with E-state index in [9.17, 15) is 5.11 Å². The summed E-state index contributed by atoms with van der Waals surface area (Å²) >= 11 is 0. The first-order chi connectivity index (χ1) is 5.53. The molecule has 0 spiro atoms. The fourth-order valence-electron chi connectivity index (χ4n) is 2.30. The monoisotopic (exact) mass is 171 g/mol. The molecule has 1 rings (SSSR count). The second-order valence-corrected chi connectivity index (χ2v) is 4.57. The summed E-state index contributed by atoms with van der Waals surface area (Å²) in [7, 11) is 1.98. The summed E-state index contributed by atoms with van der Waals surface area (Å²) in [6.45, 7) is 4.19. The Balaban J connectivity index is 2.56. The number of nitrogens with one attached hydrogen (secondary N) is 1. The van der Waals surface area contributed by atoms with Gasteiger partial charge in [0.2, 0.25) is 0 Å². The van der Waals surface area contributed by atoms with Crippen molar-refractivity contribution in [1.29, 1.82) is 0 Å². The highest BCUT2D eigenvalue weighted by atomic mass is 16.3. The number of hydrogen-bond acceptors (Lipinski definition) is 2. The molecule has 1 aliphatic rings. The van der Waals surface area contributed by atoms with Crippen LogP contribution >= 0.6 is 0 Å². The van der Waals surface area contributed by atoms with Gasteiger partial charge in [-0.1, -0.05) is 6.92 Å². The quantitative estimate of drug-likeness (QED) is 0.586. The molecule has 12 heavy (non-hydrogen) atoms. The van der Waals surface area contributed by atoms with Crippen LogP contribution in [0.25, 0.3) is 0 Å². The van der Waals surface area contributed by atoms with Crippen LogP contribution in [-0.2, 0) is 0 Å². The zero-order valence-corrected chi connectivity index (χ0v) is 8.43. The number of aliphatic hydroxyl groups is 1. The Morgan fingerprint density at radius 3 is 2.58 bits per heavy atom. The van der Waals surface area contributed by atoms with Crippen LogP contribution in [-0.4, -0.2) is 23.8 Å². The zero-order valence-electron chi connectivity index (χ0n) is 8.43. The first kappa shape index (κ1) is 10.0. The van der Waals surface area contributed by atoms with Gasteiger partial charge in [0.25, 0.3) is 0 Å². The van der Waals surface area contributed by atoms with Gasteiger partial charge in [-0.3, -0.25) is 0 Å². The van der Waals surface area contributed by atoms with Crippen LogP contribution in [0.2, 0.25) is 0 Å². The maximum Gasteiger partial charge on any atom is 0.0637 e. The van der Waals surface area contributed by atoms with E-state index in [1.54, 1.807) is 0 Å². The predicted molar refractivity (Wildman–Crippen MR) is 51.1 cm³/mol. The van der Waals surface area contributed by atoms with Gasteiger partial charge in [-0.2, -0.15) is 0 Å². The van der Waals surface area contributed by atoms with Crippen LogP contribution in [0.3, 0.4) is 0 Å². The van der Waals surface area contributed by atoms with Gasteiger partial charge in [-0.25, -0.2) is 0 Å². The molecular weight excluding hydrogens is 150 g/mol. The maximum atomic E-state index is 9.99. The Kier molecular flexibility index (Phi) is 3.13. The lowest BCUT2D eigenvalue weighted by molar-refractivity contribution is 0.0285. The second-order valence-electron chi connectivity index (χ2n) is 4.57. The van der Waals surface area contributed by atoms with Crippen molar-refractivity contribution < 1.29 is 5.11 Å². The van der Waals surface area contributed by atoms with Crippen molar-refractivity contribution in [2.75, 3.05) is 7.05 Å². The van der Waals surface area contributed by atoms with Gasteiger partial charge in [0, 0.05) is 6.04 Å². The van der Waals surface area contributed by atoms with Gasteiger partial charge in [-0.05, 0) is 45.6 Å². The van der Waals surface area contributed by atoms with Crippen molar-refractivity contribution in [3.63, 3.8) is 0 Å². The minimum absolute atomic E-state index is 0.455. The summed E-state index contributed by atoms with van der Waals surface area (Å²) in [5.41, 5.74) is -0.455. The molecule has 2 heteroatoms. The Hall–Kier alpha value is -0.0800. The number of rotatable bonds is 1. The maximum absolute atomic E-state index is 9.99. The Labute approximate surface area is 75.4 Å². The lowest BCUT2D eigenvalue weighted by atomic mass is 9.91. The molecule has 3 unspecified atom stereocenters. The Morgan fingerprint density at radius 1 is 1.33 bits per heavy atom. The van der Waals surface area contributed by atoms with Crippen molar-refractivity contribution in [2.45, 2.75) is 51.2 Å². The summed E-state index contributed by atoms with van der Waals surface area (Å²) in [6.07, 6.45) is 4.29. The molecule has 3 atom stereocenters. The molecule has 0 heterocycles. The van der Waals surface area contributed by atoms with Crippen molar-refractivity contribution in [3.8, 4) is 0 Å². The normalized spacial score (nSPS) is 44.0. The fourth-order valence-corrected chi connectivity index (χ4v) is 2.30. The molecule has 1 saturated carbocycles. The predicted octanol–water partition coefficient (Wildman–Crippen LogP) is 1.54. The molecule has 1 fully saturated rings. The van der Waals surface area contributed by atoms with Gasteiger partial charge >= 0.3 is 0 Å². The van der Waals surface area contributed by atoms with Gasteiger partial charge in [-0.15, -0.1) is 0 Å². The van der Waals surface area contributed by atoms with Crippen molar-refractivity contribution in [2.24, 2.45) is 5.92 Å². The Bertz CT molecular complexity index is 145. The molecule has 0 amide bonds. The first-order valence-electron chi connectivity index (χ1n) is 4.93. The molecule has 0 radical (unpaired) electrons. The lowest BCUT2D eigenvalue weighted by Crippen LogP contribution is -2.34. The summed E-state index contributed by atoms with van der Waals surface area (Å²) in [4.78, 5) is 0. The topological polar surface area (TPSA) is 32.3 Å². The molecule has 0 bridgehead atoms. The van der Waals surface area contributed by atoms with E-state index in [1.165, 1.54) is 12.8 Å². The summed E-state index contributed by atoms with van der Waals surface area (Å²) in [5, 5.41) is 13.2. The van der Waals surface area contributed by atoms with Crippen LogP contribution in [0.1, 0.15) is 39.5 Å². The molecule has 2 N–H and O–H groups in total. The molecule has 72 valence electrons. The van der Waals surface area contributed by atoms with E-state index in [-0.39, 0.29) is 0 Å². The van der Waals surface area contributed by atoms with Gasteiger partial charge in [0.1, 0.15) is 0 Å². The molecule has 0 aromatic carbocycles. The van der Waals surface area contributed by atoms with Crippen LogP contribution in [0.5, 0.6) is 0 Å². The molecule has 0 aliphatic heterocycles. The number of hydrogen-bond donors (Lipinski definition) is 2. The highest BCUT2D eigenvalue weighted by Crippen LogP contribution is 2.30. The van der Waals surface area contributed by atoms with Gasteiger partial charge < -0.3 is 10.4 Å². The first-order valence-corrected chi connectivity index (χ1v) is 4.93.